The molecule has 2 fully saturated rings. The zero-order valence-corrected chi connectivity index (χ0v) is 18.5. The van der Waals surface area contributed by atoms with Crippen LogP contribution in [0, 0.1) is 15.9 Å². The second-order valence-electron chi connectivity index (χ2n) is 7.77. The van der Waals surface area contributed by atoms with Gasteiger partial charge in [0.05, 0.1) is 35.0 Å². The summed E-state index contributed by atoms with van der Waals surface area (Å²) in [5.41, 5.74) is 0.580. The average molecular weight is 477 g/mol. The van der Waals surface area contributed by atoms with Crippen molar-refractivity contribution in [1.82, 2.24) is 9.80 Å². The Morgan fingerprint density at radius 1 is 0.909 bits per heavy atom. The summed E-state index contributed by atoms with van der Waals surface area (Å²) in [7, 11) is 0. The average Bonchev–Trinajstić information content (AvgIpc) is 2.85. The zero-order valence-electron chi connectivity index (χ0n) is 17.7. The van der Waals surface area contributed by atoms with E-state index in [1.807, 2.05) is 4.90 Å². The Hall–Kier alpha value is -3.24. The molecule has 0 aromatic heterocycles. The molecule has 11 heteroatoms. The van der Waals surface area contributed by atoms with E-state index in [1.165, 1.54) is 29.2 Å². The molecule has 0 bridgehead atoms. The Morgan fingerprint density at radius 3 is 2.12 bits per heavy atom. The monoisotopic (exact) mass is 476 g/mol. The molecule has 2 aromatic rings. The quantitative estimate of drug-likeness (QED) is 0.497. The number of hydrogen-bond donors (Lipinski definition) is 0. The number of non-ortho nitro benzene ring substituents is 1. The highest BCUT2D eigenvalue weighted by Gasteiger charge is 2.30. The first-order chi connectivity index (χ1) is 15.8. The molecule has 0 unspecified atom stereocenters. The molecule has 2 amide bonds. The van der Waals surface area contributed by atoms with E-state index in [0.29, 0.717) is 32.0 Å². The summed E-state index contributed by atoms with van der Waals surface area (Å²) in [4.78, 5) is 41.9. The molecule has 2 saturated heterocycles. The number of nitro groups is 1. The minimum atomic E-state index is -0.658. The molecular formula is C22H22ClFN4O5. The number of ether oxygens (including phenoxy) is 1. The summed E-state index contributed by atoms with van der Waals surface area (Å²) in [5, 5.41) is 11.6. The van der Waals surface area contributed by atoms with Crippen LogP contribution in [0.2, 0.25) is 5.02 Å². The van der Waals surface area contributed by atoms with Crippen molar-refractivity contribution in [2.75, 3.05) is 57.4 Å². The molecule has 2 aliphatic rings. The number of rotatable bonds is 4. The van der Waals surface area contributed by atoms with Gasteiger partial charge in [-0.3, -0.25) is 19.7 Å². The zero-order chi connectivity index (χ0) is 23.5. The summed E-state index contributed by atoms with van der Waals surface area (Å²) in [6, 6.07) is 8.08. The van der Waals surface area contributed by atoms with E-state index in [9.17, 15) is 24.1 Å². The highest BCUT2D eigenvalue weighted by Crippen LogP contribution is 2.28. The first kappa shape index (κ1) is 22.9. The number of anilines is 1. The van der Waals surface area contributed by atoms with Crippen LogP contribution in [-0.2, 0) is 4.74 Å². The van der Waals surface area contributed by atoms with Crippen molar-refractivity contribution in [3.05, 3.63) is 68.5 Å². The normalized spacial score (nSPS) is 16.6. The smallest absolute Gasteiger partial charge is 0.270 e. The van der Waals surface area contributed by atoms with Crippen LogP contribution in [-0.4, -0.2) is 79.0 Å². The maximum absolute atomic E-state index is 14.1. The molecule has 0 spiro atoms. The van der Waals surface area contributed by atoms with Gasteiger partial charge in [-0.25, -0.2) is 4.39 Å². The van der Waals surface area contributed by atoms with E-state index in [1.54, 1.807) is 11.0 Å². The van der Waals surface area contributed by atoms with Crippen LogP contribution in [0.1, 0.15) is 20.7 Å². The molecule has 0 radical (unpaired) electrons. The van der Waals surface area contributed by atoms with Crippen molar-refractivity contribution < 1.29 is 23.6 Å². The molecule has 33 heavy (non-hydrogen) atoms. The third kappa shape index (κ3) is 4.91. The standard InChI is InChI=1S/C22H22ClFN4O5/c23-15-1-3-19(24)17(13-15)21(29)26-5-7-27(8-6-26)22(30)18-14-16(28(31)32)2-4-20(18)25-9-11-33-12-10-25/h1-4,13-14H,5-12H2. The van der Waals surface area contributed by atoms with Gasteiger partial charge in [0.2, 0.25) is 0 Å². The molecule has 4 rings (SSSR count). The van der Waals surface area contributed by atoms with Crippen LogP contribution in [0.25, 0.3) is 0 Å². The number of benzene rings is 2. The number of nitro benzene ring substituents is 1. The molecule has 2 heterocycles. The van der Waals surface area contributed by atoms with Gasteiger partial charge in [0.25, 0.3) is 17.5 Å². The fraction of sp³-hybridized carbons (Fsp3) is 0.364. The van der Waals surface area contributed by atoms with E-state index in [4.69, 9.17) is 16.3 Å². The van der Waals surface area contributed by atoms with Crippen LogP contribution >= 0.6 is 11.6 Å². The number of carbonyl (C=O) groups excluding carboxylic acids is 2. The lowest BCUT2D eigenvalue weighted by atomic mass is 10.1. The Kier molecular flexibility index (Phi) is 6.75. The predicted octanol–water partition coefficient (Wildman–Crippen LogP) is 2.82. The minimum Gasteiger partial charge on any atom is -0.378 e. The maximum atomic E-state index is 14.1. The van der Waals surface area contributed by atoms with Crippen molar-refractivity contribution in [3.8, 4) is 0 Å². The summed E-state index contributed by atoms with van der Waals surface area (Å²) < 4.78 is 19.5. The number of amides is 2. The van der Waals surface area contributed by atoms with Gasteiger partial charge < -0.3 is 19.4 Å². The highest BCUT2D eigenvalue weighted by molar-refractivity contribution is 6.31. The van der Waals surface area contributed by atoms with Crippen LogP contribution in [0.4, 0.5) is 15.8 Å². The predicted molar refractivity (Wildman–Crippen MR) is 119 cm³/mol. The Balaban J connectivity index is 1.51. The van der Waals surface area contributed by atoms with E-state index in [-0.39, 0.29) is 53.9 Å². The van der Waals surface area contributed by atoms with Gasteiger partial charge in [0.1, 0.15) is 5.82 Å². The second kappa shape index (κ2) is 9.72. The number of hydrogen-bond acceptors (Lipinski definition) is 6. The van der Waals surface area contributed by atoms with Gasteiger partial charge in [0.15, 0.2) is 0 Å². The lowest BCUT2D eigenvalue weighted by Gasteiger charge is -2.36. The first-order valence-corrected chi connectivity index (χ1v) is 10.9. The third-order valence-corrected chi connectivity index (χ3v) is 6.02. The fourth-order valence-corrected chi connectivity index (χ4v) is 4.18. The molecule has 0 saturated carbocycles. The van der Waals surface area contributed by atoms with Gasteiger partial charge in [-0.1, -0.05) is 11.6 Å². The van der Waals surface area contributed by atoms with Crippen LogP contribution in [0.5, 0.6) is 0 Å². The second-order valence-corrected chi connectivity index (χ2v) is 8.20. The number of halogens is 2. The number of carbonyl (C=O) groups is 2. The Bertz CT molecular complexity index is 1080. The molecule has 2 aromatic carbocycles. The number of nitrogens with zero attached hydrogens (tertiary/aromatic N) is 4. The van der Waals surface area contributed by atoms with Gasteiger partial charge in [-0.15, -0.1) is 0 Å². The van der Waals surface area contributed by atoms with E-state index in [0.717, 1.165) is 6.07 Å². The van der Waals surface area contributed by atoms with Gasteiger partial charge >= 0.3 is 0 Å². The molecule has 174 valence electrons. The van der Waals surface area contributed by atoms with Crippen LogP contribution in [0.3, 0.4) is 0 Å². The number of morpholine rings is 1. The van der Waals surface area contributed by atoms with Crippen molar-refractivity contribution in [3.63, 3.8) is 0 Å². The molecule has 2 aliphatic heterocycles. The lowest BCUT2D eigenvalue weighted by Crippen LogP contribution is -2.51. The first-order valence-electron chi connectivity index (χ1n) is 10.5. The topological polar surface area (TPSA) is 96.2 Å². The maximum Gasteiger partial charge on any atom is 0.270 e. The minimum absolute atomic E-state index is 0.115. The third-order valence-electron chi connectivity index (χ3n) is 5.79. The number of piperazine rings is 1. The molecule has 0 aliphatic carbocycles. The molecule has 0 atom stereocenters. The molecular weight excluding hydrogens is 455 g/mol. The van der Waals surface area contributed by atoms with Crippen molar-refractivity contribution in [2.45, 2.75) is 0 Å². The fourth-order valence-electron chi connectivity index (χ4n) is 4.00. The molecule has 9 nitrogen and oxygen atoms in total. The Morgan fingerprint density at radius 2 is 1.52 bits per heavy atom. The highest BCUT2D eigenvalue weighted by atomic mass is 35.5. The lowest BCUT2D eigenvalue weighted by molar-refractivity contribution is -0.384. The molecule has 0 N–H and O–H groups in total. The van der Waals surface area contributed by atoms with E-state index < -0.39 is 16.6 Å². The summed E-state index contributed by atoms with van der Waals surface area (Å²) in [6.07, 6.45) is 0. The summed E-state index contributed by atoms with van der Waals surface area (Å²) in [6.45, 7) is 3.01. The van der Waals surface area contributed by atoms with Crippen molar-refractivity contribution in [1.29, 1.82) is 0 Å². The van der Waals surface area contributed by atoms with E-state index >= 15 is 0 Å². The van der Waals surface area contributed by atoms with Gasteiger partial charge in [-0.05, 0) is 24.3 Å². The van der Waals surface area contributed by atoms with Crippen LogP contribution in [0.15, 0.2) is 36.4 Å². The van der Waals surface area contributed by atoms with E-state index in [2.05, 4.69) is 0 Å². The van der Waals surface area contributed by atoms with Crippen molar-refractivity contribution >= 4 is 34.8 Å². The summed E-state index contributed by atoms with van der Waals surface area (Å²) >= 11 is 5.90. The van der Waals surface area contributed by atoms with Gasteiger partial charge in [-0.2, -0.15) is 0 Å². The van der Waals surface area contributed by atoms with Crippen LogP contribution < -0.4 is 4.90 Å². The van der Waals surface area contributed by atoms with Gasteiger partial charge in [0, 0.05) is 56.4 Å². The summed E-state index contributed by atoms with van der Waals surface area (Å²) in [5.74, 6) is -1.50. The Labute approximate surface area is 194 Å². The van der Waals surface area contributed by atoms with Crippen molar-refractivity contribution in [2.24, 2.45) is 0 Å². The SMILES string of the molecule is O=C(c1cc(Cl)ccc1F)N1CCN(C(=O)c2cc([N+](=O)[O-])ccc2N2CCOCC2)CC1. The largest absolute Gasteiger partial charge is 0.378 e.